The van der Waals surface area contributed by atoms with Gasteiger partial charge in [-0.2, -0.15) is 5.10 Å². The number of carbonyl (C=O) groups excluding carboxylic acids is 1. The minimum atomic E-state index is -0.869. The van der Waals surface area contributed by atoms with Crippen LogP contribution in [0.15, 0.2) is 30.3 Å². The first kappa shape index (κ1) is 17.7. The highest BCUT2D eigenvalue weighted by Gasteiger charge is 2.26. The van der Waals surface area contributed by atoms with Crippen LogP contribution in [-0.2, 0) is 4.79 Å². The first-order valence-electron chi connectivity index (χ1n) is 7.86. The van der Waals surface area contributed by atoms with E-state index >= 15 is 0 Å². The van der Waals surface area contributed by atoms with Crippen LogP contribution in [0.25, 0.3) is 5.69 Å². The molecule has 0 aliphatic carbocycles. The number of rotatable bonds is 6. The molecular formula is C18H23N3O3. The van der Waals surface area contributed by atoms with E-state index in [-0.39, 0.29) is 5.91 Å². The lowest BCUT2D eigenvalue weighted by Gasteiger charge is -2.18. The van der Waals surface area contributed by atoms with Crippen molar-refractivity contribution in [2.75, 3.05) is 6.54 Å². The summed E-state index contributed by atoms with van der Waals surface area (Å²) in [5, 5.41) is 16.2. The number of nitrogens with one attached hydrogen (secondary N) is 1. The third-order valence-electron chi connectivity index (χ3n) is 4.00. The fourth-order valence-electron chi connectivity index (χ4n) is 2.34. The lowest BCUT2D eigenvalue weighted by Crippen LogP contribution is -2.31. The van der Waals surface area contributed by atoms with E-state index in [0.29, 0.717) is 18.5 Å². The van der Waals surface area contributed by atoms with Crippen LogP contribution < -0.4 is 5.32 Å². The maximum atomic E-state index is 12.1. The van der Waals surface area contributed by atoms with Crippen molar-refractivity contribution in [2.45, 2.75) is 34.1 Å². The molecular weight excluding hydrogens is 306 g/mol. The third-order valence-corrected chi connectivity index (χ3v) is 4.00. The molecule has 1 heterocycles. The second kappa shape index (κ2) is 6.86. The zero-order chi connectivity index (χ0) is 17.9. The molecule has 0 bridgehead atoms. The summed E-state index contributed by atoms with van der Waals surface area (Å²) in [7, 11) is 0. The van der Waals surface area contributed by atoms with E-state index in [4.69, 9.17) is 5.11 Å². The average molecular weight is 329 g/mol. The van der Waals surface area contributed by atoms with Crippen molar-refractivity contribution in [3.63, 3.8) is 0 Å². The second-order valence-corrected chi connectivity index (χ2v) is 6.58. The van der Waals surface area contributed by atoms with Gasteiger partial charge in [-0.3, -0.25) is 9.59 Å². The van der Waals surface area contributed by atoms with E-state index in [1.165, 1.54) is 0 Å². The molecule has 0 aliphatic rings. The molecule has 0 fully saturated rings. The summed E-state index contributed by atoms with van der Waals surface area (Å²) in [5.41, 5.74) is 2.54. The zero-order valence-corrected chi connectivity index (χ0v) is 14.5. The highest BCUT2D eigenvalue weighted by atomic mass is 16.4. The molecule has 0 saturated heterocycles. The second-order valence-electron chi connectivity index (χ2n) is 6.58. The summed E-state index contributed by atoms with van der Waals surface area (Å²) < 4.78 is 1.83. The lowest BCUT2D eigenvalue weighted by atomic mass is 9.90. The lowest BCUT2D eigenvalue weighted by molar-refractivity contribution is -0.147. The van der Waals surface area contributed by atoms with Gasteiger partial charge in [0, 0.05) is 17.8 Å². The summed E-state index contributed by atoms with van der Waals surface area (Å²) in [5.74, 6) is -1.08. The van der Waals surface area contributed by atoms with Crippen LogP contribution in [0.5, 0.6) is 0 Å². The van der Waals surface area contributed by atoms with Gasteiger partial charge in [-0.25, -0.2) is 4.68 Å². The Labute approximate surface area is 141 Å². The number of carboxylic acid groups (broad SMARTS) is 1. The molecule has 0 atom stereocenters. The number of aromatic nitrogens is 2. The number of hydrogen-bond donors (Lipinski definition) is 2. The topological polar surface area (TPSA) is 84.2 Å². The van der Waals surface area contributed by atoms with Gasteiger partial charge in [0.2, 0.25) is 0 Å². The van der Waals surface area contributed by atoms with E-state index in [0.717, 1.165) is 17.1 Å². The van der Waals surface area contributed by atoms with E-state index in [2.05, 4.69) is 10.4 Å². The minimum Gasteiger partial charge on any atom is -0.481 e. The number of amides is 1. The summed E-state index contributed by atoms with van der Waals surface area (Å²) >= 11 is 0. The Bertz CT molecular complexity index is 745. The number of carbonyl (C=O) groups is 2. The number of nitrogens with zero attached hydrogens (tertiary/aromatic N) is 2. The fourth-order valence-corrected chi connectivity index (χ4v) is 2.34. The Hall–Kier alpha value is -2.63. The molecule has 6 heteroatoms. The van der Waals surface area contributed by atoms with Crippen molar-refractivity contribution in [3.05, 3.63) is 47.3 Å². The van der Waals surface area contributed by atoms with Crippen LogP contribution in [0.3, 0.4) is 0 Å². The van der Waals surface area contributed by atoms with Gasteiger partial charge in [-0.15, -0.1) is 0 Å². The molecule has 2 aromatic rings. The Morgan fingerprint density at radius 1 is 1.21 bits per heavy atom. The molecule has 2 rings (SSSR count). The minimum absolute atomic E-state index is 0.212. The van der Waals surface area contributed by atoms with E-state index in [1.54, 1.807) is 26.0 Å². The Morgan fingerprint density at radius 3 is 2.33 bits per heavy atom. The molecule has 128 valence electrons. The Kier molecular flexibility index (Phi) is 5.07. The van der Waals surface area contributed by atoms with Crippen LogP contribution in [0, 0.1) is 19.3 Å². The van der Waals surface area contributed by atoms with Crippen molar-refractivity contribution < 1.29 is 14.7 Å². The highest BCUT2D eigenvalue weighted by molar-refractivity contribution is 5.94. The van der Waals surface area contributed by atoms with Crippen molar-refractivity contribution >= 4 is 11.9 Å². The standard InChI is InChI=1S/C18H23N3O3/c1-12-11-13(2)21(20-12)15-7-5-14(6-8-15)16(22)19-10-9-18(3,4)17(23)24/h5-8,11H,9-10H2,1-4H3,(H,19,22)(H,23,24). The van der Waals surface area contributed by atoms with Crippen LogP contribution in [-0.4, -0.2) is 33.3 Å². The molecule has 0 unspecified atom stereocenters. The van der Waals surface area contributed by atoms with Gasteiger partial charge < -0.3 is 10.4 Å². The first-order chi connectivity index (χ1) is 11.2. The van der Waals surface area contributed by atoms with Gasteiger partial charge in [-0.05, 0) is 64.4 Å². The van der Waals surface area contributed by atoms with Gasteiger partial charge in [0.15, 0.2) is 0 Å². The van der Waals surface area contributed by atoms with Crippen LogP contribution in [0.4, 0.5) is 0 Å². The molecule has 0 aliphatic heterocycles. The van der Waals surface area contributed by atoms with Gasteiger partial charge in [0.25, 0.3) is 5.91 Å². The molecule has 1 aromatic carbocycles. The van der Waals surface area contributed by atoms with E-state index in [1.807, 2.05) is 36.7 Å². The predicted octanol–water partition coefficient (Wildman–Crippen LogP) is 2.72. The Morgan fingerprint density at radius 2 is 1.83 bits per heavy atom. The molecule has 2 N–H and O–H groups in total. The molecule has 6 nitrogen and oxygen atoms in total. The fraction of sp³-hybridized carbons (Fsp3) is 0.389. The normalized spacial score (nSPS) is 11.3. The first-order valence-corrected chi connectivity index (χ1v) is 7.86. The van der Waals surface area contributed by atoms with Crippen molar-refractivity contribution in [1.82, 2.24) is 15.1 Å². The molecule has 0 radical (unpaired) electrons. The van der Waals surface area contributed by atoms with Gasteiger partial charge in [-0.1, -0.05) is 0 Å². The largest absolute Gasteiger partial charge is 0.481 e. The van der Waals surface area contributed by atoms with E-state index < -0.39 is 11.4 Å². The summed E-state index contributed by atoms with van der Waals surface area (Å²) in [4.78, 5) is 23.2. The van der Waals surface area contributed by atoms with Gasteiger partial charge in [0.1, 0.15) is 0 Å². The highest BCUT2D eigenvalue weighted by Crippen LogP contribution is 2.19. The zero-order valence-electron chi connectivity index (χ0n) is 14.5. The van der Waals surface area contributed by atoms with E-state index in [9.17, 15) is 9.59 Å². The number of carboxylic acids is 1. The van der Waals surface area contributed by atoms with Crippen molar-refractivity contribution in [3.8, 4) is 5.69 Å². The number of hydrogen-bond acceptors (Lipinski definition) is 3. The summed E-state index contributed by atoms with van der Waals surface area (Å²) in [6.07, 6.45) is 0.373. The average Bonchev–Trinajstić information content (AvgIpc) is 2.85. The number of aliphatic carboxylic acids is 1. The molecule has 0 saturated carbocycles. The maximum absolute atomic E-state index is 12.1. The summed E-state index contributed by atoms with van der Waals surface area (Å²) in [6, 6.07) is 9.16. The summed E-state index contributed by atoms with van der Waals surface area (Å²) in [6.45, 7) is 7.52. The van der Waals surface area contributed by atoms with Gasteiger partial charge >= 0.3 is 5.97 Å². The molecule has 0 spiro atoms. The third kappa shape index (κ3) is 4.01. The van der Waals surface area contributed by atoms with Crippen LogP contribution in [0.2, 0.25) is 0 Å². The molecule has 1 aromatic heterocycles. The predicted molar refractivity (Wildman–Crippen MR) is 91.4 cm³/mol. The van der Waals surface area contributed by atoms with Crippen molar-refractivity contribution in [2.24, 2.45) is 5.41 Å². The smallest absolute Gasteiger partial charge is 0.309 e. The maximum Gasteiger partial charge on any atom is 0.309 e. The van der Waals surface area contributed by atoms with Crippen LogP contribution in [0.1, 0.15) is 42.0 Å². The van der Waals surface area contributed by atoms with Crippen LogP contribution >= 0.6 is 0 Å². The Balaban J connectivity index is 1.99. The SMILES string of the molecule is Cc1cc(C)n(-c2ccc(C(=O)NCCC(C)(C)C(=O)O)cc2)n1. The van der Waals surface area contributed by atoms with Crippen molar-refractivity contribution in [1.29, 1.82) is 0 Å². The molecule has 1 amide bonds. The number of aryl methyl sites for hydroxylation is 2. The molecule has 24 heavy (non-hydrogen) atoms. The van der Waals surface area contributed by atoms with Gasteiger partial charge in [0.05, 0.1) is 16.8 Å². The quantitative estimate of drug-likeness (QED) is 0.853. The monoisotopic (exact) mass is 329 g/mol. The number of benzene rings is 1.